The summed E-state index contributed by atoms with van der Waals surface area (Å²) in [7, 11) is 2.11. The Morgan fingerprint density at radius 3 is 2.45 bits per heavy atom. The van der Waals surface area contributed by atoms with Crippen molar-refractivity contribution in [1.82, 2.24) is 10.2 Å². The Kier molecular flexibility index (Phi) is 4.75. The third-order valence-electron chi connectivity index (χ3n) is 1.77. The van der Waals surface area contributed by atoms with Crippen molar-refractivity contribution in [2.45, 2.75) is 33.7 Å². The van der Waals surface area contributed by atoms with E-state index in [9.17, 15) is 0 Å². The Morgan fingerprint density at radius 2 is 2.09 bits per heavy atom. The molecule has 1 rings (SSSR count). The second-order valence-corrected chi connectivity index (χ2v) is 2.71. The minimum atomic E-state index is 0.633. The predicted octanol–water partition coefficient (Wildman–Crippen LogP) is 1.80. The fraction of sp³-hybridized carbons (Fsp3) is 0.778. The molecule has 0 amide bonds. The van der Waals surface area contributed by atoms with E-state index in [1.165, 1.54) is 5.70 Å². The van der Waals surface area contributed by atoms with Crippen LogP contribution in [0, 0.1) is 0 Å². The van der Waals surface area contributed by atoms with Crippen molar-refractivity contribution in [3.8, 4) is 0 Å². The van der Waals surface area contributed by atoms with Crippen molar-refractivity contribution in [2.75, 3.05) is 13.6 Å². The summed E-state index contributed by atoms with van der Waals surface area (Å²) in [6.07, 6.45) is 2.13. The van der Waals surface area contributed by atoms with E-state index in [1.54, 1.807) is 0 Å². The van der Waals surface area contributed by atoms with Gasteiger partial charge in [0.1, 0.15) is 0 Å². The lowest BCUT2D eigenvalue weighted by atomic mass is 10.2. The highest BCUT2D eigenvalue weighted by Crippen LogP contribution is 2.03. The molecule has 0 spiro atoms. The number of hydrogen-bond donors (Lipinski definition) is 1. The van der Waals surface area contributed by atoms with Crippen LogP contribution in [0.5, 0.6) is 0 Å². The first-order valence-electron chi connectivity index (χ1n) is 4.34. The largest absolute Gasteiger partial charge is 0.385 e. The number of rotatable bonds is 0. The van der Waals surface area contributed by atoms with E-state index in [-0.39, 0.29) is 0 Å². The van der Waals surface area contributed by atoms with Crippen LogP contribution in [-0.4, -0.2) is 24.5 Å². The molecule has 0 aliphatic carbocycles. The lowest BCUT2D eigenvalue weighted by Crippen LogP contribution is -2.39. The van der Waals surface area contributed by atoms with Crippen molar-refractivity contribution in [3.05, 3.63) is 11.9 Å². The van der Waals surface area contributed by atoms with Crippen LogP contribution in [-0.2, 0) is 0 Å². The van der Waals surface area contributed by atoms with Crippen LogP contribution in [0.2, 0.25) is 0 Å². The highest BCUT2D eigenvalue weighted by atomic mass is 15.2. The maximum atomic E-state index is 3.28. The summed E-state index contributed by atoms with van der Waals surface area (Å²) < 4.78 is 0. The quantitative estimate of drug-likeness (QED) is 0.575. The zero-order valence-electron chi connectivity index (χ0n) is 8.31. The molecule has 1 N–H and O–H groups in total. The average molecular weight is 156 g/mol. The van der Waals surface area contributed by atoms with Crippen LogP contribution >= 0.6 is 0 Å². The van der Waals surface area contributed by atoms with Gasteiger partial charge in [0.05, 0.1) is 0 Å². The molecule has 0 saturated heterocycles. The summed E-state index contributed by atoms with van der Waals surface area (Å²) in [5, 5.41) is 3.28. The molecule has 2 heteroatoms. The summed E-state index contributed by atoms with van der Waals surface area (Å²) >= 11 is 0. The molecular weight excluding hydrogens is 136 g/mol. The predicted molar refractivity (Wildman–Crippen MR) is 50.3 cm³/mol. The zero-order chi connectivity index (χ0) is 8.85. The fourth-order valence-corrected chi connectivity index (χ4v) is 0.931. The van der Waals surface area contributed by atoms with Gasteiger partial charge in [-0.15, -0.1) is 0 Å². The normalized spacial score (nSPS) is 22.8. The van der Waals surface area contributed by atoms with Gasteiger partial charge < -0.3 is 10.2 Å². The zero-order valence-corrected chi connectivity index (χ0v) is 8.31. The molecule has 2 nitrogen and oxygen atoms in total. The van der Waals surface area contributed by atoms with Crippen molar-refractivity contribution in [3.63, 3.8) is 0 Å². The van der Waals surface area contributed by atoms with E-state index in [0.717, 1.165) is 6.54 Å². The number of nitrogens with zero attached hydrogens (tertiary/aromatic N) is 1. The number of likely N-dealkylation sites (N-methyl/N-ethyl adjacent to an activating group) is 1. The summed E-state index contributed by atoms with van der Waals surface area (Å²) in [6, 6.07) is 0.633. The monoisotopic (exact) mass is 156 g/mol. The Morgan fingerprint density at radius 1 is 1.55 bits per heavy atom. The second-order valence-electron chi connectivity index (χ2n) is 2.71. The number of nitrogens with one attached hydrogen (secondary N) is 1. The van der Waals surface area contributed by atoms with Gasteiger partial charge in [0.15, 0.2) is 0 Å². The fourth-order valence-electron chi connectivity index (χ4n) is 0.931. The van der Waals surface area contributed by atoms with Gasteiger partial charge in [0.25, 0.3) is 0 Å². The SMILES string of the molecule is CC.CC1=CN(C)C(C)CN1. The standard InChI is InChI=1S/C7H14N2.C2H6/c1-6-5-9(3)7(2)4-8-6;1-2/h5,7-8H,4H2,1-3H3;1-2H3. The van der Waals surface area contributed by atoms with E-state index < -0.39 is 0 Å². The Labute approximate surface area is 70.3 Å². The molecule has 1 aliphatic heterocycles. The van der Waals surface area contributed by atoms with E-state index >= 15 is 0 Å². The number of allylic oxidation sites excluding steroid dienone is 1. The summed E-state index contributed by atoms with van der Waals surface area (Å²) in [4.78, 5) is 2.23. The molecule has 11 heavy (non-hydrogen) atoms. The van der Waals surface area contributed by atoms with E-state index in [4.69, 9.17) is 0 Å². The van der Waals surface area contributed by atoms with Gasteiger partial charge in [-0.05, 0) is 13.8 Å². The molecule has 0 aromatic carbocycles. The molecule has 1 atom stereocenters. The highest BCUT2D eigenvalue weighted by molar-refractivity contribution is 5.00. The summed E-state index contributed by atoms with van der Waals surface area (Å²) in [5.41, 5.74) is 1.26. The first-order chi connectivity index (χ1) is 5.20. The molecule has 66 valence electrons. The van der Waals surface area contributed by atoms with Crippen LogP contribution in [0.4, 0.5) is 0 Å². The molecular formula is C9H20N2. The van der Waals surface area contributed by atoms with Gasteiger partial charge in [-0.25, -0.2) is 0 Å². The molecule has 1 aliphatic rings. The van der Waals surface area contributed by atoms with E-state index in [1.807, 2.05) is 13.8 Å². The first kappa shape index (κ1) is 10.3. The minimum absolute atomic E-state index is 0.633. The van der Waals surface area contributed by atoms with Crippen molar-refractivity contribution >= 4 is 0 Å². The van der Waals surface area contributed by atoms with Gasteiger partial charge in [-0.3, -0.25) is 0 Å². The molecule has 0 fully saturated rings. The van der Waals surface area contributed by atoms with Crippen LogP contribution < -0.4 is 5.32 Å². The third-order valence-corrected chi connectivity index (χ3v) is 1.77. The molecule has 1 heterocycles. The Bertz CT molecular complexity index is 130. The first-order valence-corrected chi connectivity index (χ1v) is 4.34. The van der Waals surface area contributed by atoms with Crippen LogP contribution in [0.15, 0.2) is 11.9 Å². The second kappa shape index (κ2) is 5.05. The maximum Gasteiger partial charge on any atom is 0.0426 e. The lowest BCUT2D eigenvalue weighted by Gasteiger charge is -2.29. The van der Waals surface area contributed by atoms with Gasteiger partial charge in [-0.2, -0.15) is 0 Å². The molecule has 0 aromatic rings. The van der Waals surface area contributed by atoms with E-state index in [0.29, 0.717) is 6.04 Å². The third kappa shape index (κ3) is 3.30. The average Bonchev–Trinajstić information content (AvgIpc) is 2.02. The van der Waals surface area contributed by atoms with Crippen LogP contribution in [0.3, 0.4) is 0 Å². The van der Waals surface area contributed by atoms with E-state index in [2.05, 4.69) is 37.3 Å². The topological polar surface area (TPSA) is 15.3 Å². The summed E-state index contributed by atoms with van der Waals surface area (Å²) in [6.45, 7) is 9.36. The van der Waals surface area contributed by atoms with Gasteiger partial charge in [-0.1, -0.05) is 13.8 Å². The molecule has 1 unspecified atom stereocenters. The maximum absolute atomic E-state index is 3.28. The Hall–Kier alpha value is -0.660. The highest BCUT2D eigenvalue weighted by Gasteiger charge is 2.09. The van der Waals surface area contributed by atoms with Gasteiger partial charge in [0, 0.05) is 31.5 Å². The molecule has 0 saturated carbocycles. The van der Waals surface area contributed by atoms with Crippen molar-refractivity contribution in [2.24, 2.45) is 0 Å². The lowest BCUT2D eigenvalue weighted by molar-refractivity contribution is 0.319. The molecule has 0 bridgehead atoms. The van der Waals surface area contributed by atoms with Gasteiger partial charge in [0.2, 0.25) is 0 Å². The van der Waals surface area contributed by atoms with Gasteiger partial charge >= 0.3 is 0 Å². The van der Waals surface area contributed by atoms with Crippen LogP contribution in [0.1, 0.15) is 27.7 Å². The van der Waals surface area contributed by atoms with Crippen molar-refractivity contribution in [1.29, 1.82) is 0 Å². The Balaban J connectivity index is 0.000000461. The smallest absolute Gasteiger partial charge is 0.0426 e. The van der Waals surface area contributed by atoms with Crippen LogP contribution in [0.25, 0.3) is 0 Å². The minimum Gasteiger partial charge on any atom is -0.385 e. The summed E-state index contributed by atoms with van der Waals surface area (Å²) in [5.74, 6) is 0. The van der Waals surface area contributed by atoms with Crippen molar-refractivity contribution < 1.29 is 0 Å². The molecule has 0 radical (unpaired) electrons. The molecule has 0 aromatic heterocycles. The number of hydrogen-bond acceptors (Lipinski definition) is 2.